The van der Waals surface area contributed by atoms with E-state index in [1.807, 2.05) is 48.5 Å². The van der Waals surface area contributed by atoms with E-state index in [-0.39, 0.29) is 24.8 Å². The van der Waals surface area contributed by atoms with Crippen molar-refractivity contribution in [3.63, 3.8) is 0 Å². The summed E-state index contributed by atoms with van der Waals surface area (Å²) < 4.78 is 0. The summed E-state index contributed by atoms with van der Waals surface area (Å²) in [7, 11) is 1.57. The van der Waals surface area contributed by atoms with Gasteiger partial charge in [0, 0.05) is 25.0 Å². The molecule has 0 heterocycles. The minimum Gasteiger partial charge on any atom is -0.357 e. The Bertz CT molecular complexity index is 1090. The zero-order chi connectivity index (χ0) is 23.1. The molecule has 3 aromatic carbocycles. The van der Waals surface area contributed by atoms with Gasteiger partial charge in [-0.2, -0.15) is 0 Å². The van der Waals surface area contributed by atoms with Gasteiger partial charge in [0.15, 0.2) is 0 Å². The van der Waals surface area contributed by atoms with Crippen molar-refractivity contribution in [2.75, 3.05) is 7.05 Å². The molecule has 166 valence electrons. The number of likely N-dealkylation sites (N-methyl/N-ethyl adjacent to an activating group) is 1. The predicted molar refractivity (Wildman–Crippen MR) is 130 cm³/mol. The Morgan fingerprint density at radius 3 is 2.19 bits per heavy atom. The normalized spacial score (nSPS) is 11.6. The summed E-state index contributed by atoms with van der Waals surface area (Å²) in [6, 6.07) is 21.3. The Balaban J connectivity index is 1.96. The molecule has 0 aliphatic carbocycles. The topological polar surface area (TPSA) is 49.4 Å². The fourth-order valence-electron chi connectivity index (χ4n) is 3.46. The van der Waals surface area contributed by atoms with E-state index >= 15 is 0 Å². The molecule has 2 amide bonds. The van der Waals surface area contributed by atoms with E-state index in [4.69, 9.17) is 34.8 Å². The Kier molecular flexibility index (Phi) is 8.57. The van der Waals surface area contributed by atoms with E-state index in [2.05, 4.69) is 5.32 Å². The van der Waals surface area contributed by atoms with Gasteiger partial charge in [0.25, 0.3) is 0 Å². The Labute approximate surface area is 203 Å². The van der Waals surface area contributed by atoms with E-state index in [1.165, 1.54) is 0 Å². The van der Waals surface area contributed by atoms with Crippen LogP contribution < -0.4 is 5.32 Å². The summed E-state index contributed by atoms with van der Waals surface area (Å²) >= 11 is 18.5. The lowest BCUT2D eigenvalue weighted by Crippen LogP contribution is -2.50. The molecule has 0 saturated heterocycles. The third-order valence-electron chi connectivity index (χ3n) is 5.16. The highest BCUT2D eigenvalue weighted by Crippen LogP contribution is 2.25. The molecule has 4 nitrogen and oxygen atoms in total. The van der Waals surface area contributed by atoms with Gasteiger partial charge in [-0.3, -0.25) is 9.59 Å². The van der Waals surface area contributed by atoms with Crippen LogP contribution in [0.25, 0.3) is 0 Å². The van der Waals surface area contributed by atoms with Crippen LogP contribution >= 0.6 is 34.8 Å². The summed E-state index contributed by atoms with van der Waals surface area (Å²) in [4.78, 5) is 28.0. The van der Waals surface area contributed by atoms with Gasteiger partial charge in [0.2, 0.25) is 11.8 Å². The number of carbonyl (C=O) groups is 2. The van der Waals surface area contributed by atoms with Crippen LogP contribution in [0.15, 0.2) is 72.8 Å². The van der Waals surface area contributed by atoms with Gasteiger partial charge in [0.05, 0.1) is 16.5 Å². The van der Waals surface area contributed by atoms with Gasteiger partial charge in [-0.25, -0.2) is 0 Å². The van der Waals surface area contributed by atoms with Crippen molar-refractivity contribution < 1.29 is 9.59 Å². The molecule has 0 spiro atoms. The summed E-state index contributed by atoms with van der Waals surface area (Å²) in [5.41, 5.74) is 2.43. The summed E-state index contributed by atoms with van der Waals surface area (Å²) in [5, 5.41) is 4.03. The second-order valence-electron chi connectivity index (χ2n) is 7.36. The largest absolute Gasteiger partial charge is 0.357 e. The van der Waals surface area contributed by atoms with Gasteiger partial charge in [0.1, 0.15) is 6.04 Å². The molecule has 0 aliphatic rings. The zero-order valence-corrected chi connectivity index (χ0v) is 19.8. The molecule has 7 heteroatoms. The molecule has 3 rings (SSSR count). The third-order valence-corrected chi connectivity index (χ3v) is 6.26. The van der Waals surface area contributed by atoms with Gasteiger partial charge in [-0.1, -0.05) is 89.4 Å². The number of amides is 2. The highest BCUT2D eigenvalue weighted by atomic mass is 35.5. The fourth-order valence-corrected chi connectivity index (χ4v) is 3.97. The molecule has 32 heavy (non-hydrogen) atoms. The highest BCUT2D eigenvalue weighted by Gasteiger charge is 2.30. The average molecular weight is 490 g/mol. The second kappa shape index (κ2) is 11.4. The van der Waals surface area contributed by atoms with Crippen LogP contribution in [0.4, 0.5) is 0 Å². The Hall–Kier alpha value is -2.53. The number of nitrogens with zero attached hydrogens (tertiary/aromatic N) is 1. The first kappa shape index (κ1) is 24.1. The van der Waals surface area contributed by atoms with Crippen molar-refractivity contribution in [1.82, 2.24) is 10.2 Å². The molecule has 1 atom stereocenters. The average Bonchev–Trinajstić information content (AvgIpc) is 2.80. The second-order valence-corrected chi connectivity index (χ2v) is 8.58. The lowest BCUT2D eigenvalue weighted by molar-refractivity contribution is -0.140. The molecule has 0 saturated carbocycles. The number of rotatable bonds is 8. The van der Waals surface area contributed by atoms with Crippen LogP contribution in [0.3, 0.4) is 0 Å². The first-order chi connectivity index (χ1) is 15.4. The lowest BCUT2D eigenvalue weighted by Gasteiger charge is -2.31. The van der Waals surface area contributed by atoms with E-state index in [9.17, 15) is 9.59 Å². The minimum atomic E-state index is -0.714. The lowest BCUT2D eigenvalue weighted by atomic mass is 10.0. The minimum absolute atomic E-state index is 0.0730. The molecule has 3 aromatic rings. The number of halogens is 3. The Morgan fingerprint density at radius 2 is 1.53 bits per heavy atom. The van der Waals surface area contributed by atoms with Crippen molar-refractivity contribution in [2.24, 2.45) is 0 Å². The summed E-state index contributed by atoms with van der Waals surface area (Å²) in [5.74, 6) is -0.462. The van der Waals surface area contributed by atoms with E-state index in [0.29, 0.717) is 27.1 Å². The quantitative estimate of drug-likeness (QED) is 0.449. The molecule has 1 unspecified atom stereocenters. The molecule has 0 aromatic heterocycles. The molecule has 0 bridgehead atoms. The standard InChI is InChI=1S/C25H23Cl3N2O2/c1-29-25(32)23(14-17-7-3-2-4-8-17)30(16-19-9-5-6-10-20(19)26)24(31)15-18-11-12-21(27)22(28)13-18/h2-13,23H,14-16H2,1H3,(H,29,32). The number of nitrogens with one attached hydrogen (secondary N) is 1. The van der Waals surface area contributed by atoms with Gasteiger partial charge >= 0.3 is 0 Å². The maximum Gasteiger partial charge on any atom is 0.242 e. The van der Waals surface area contributed by atoms with Crippen LogP contribution in [-0.4, -0.2) is 29.8 Å². The molecule has 0 radical (unpaired) electrons. The summed E-state index contributed by atoms with van der Waals surface area (Å²) in [6.45, 7) is 0.199. The van der Waals surface area contributed by atoms with Gasteiger partial charge in [-0.15, -0.1) is 0 Å². The maximum atomic E-state index is 13.5. The number of hydrogen-bond donors (Lipinski definition) is 1. The van der Waals surface area contributed by atoms with Crippen molar-refractivity contribution >= 4 is 46.6 Å². The smallest absolute Gasteiger partial charge is 0.242 e. The molecule has 1 N–H and O–H groups in total. The molecule has 0 fully saturated rings. The number of benzene rings is 3. The summed E-state index contributed by atoms with van der Waals surface area (Å²) in [6.07, 6.45) is 0.446. The zero-order valence-electron chi connectivity index (χ0n) is 17.5. The van der Waals surface area contributed by atoms with Crippen molar-refractivity contribution in [3.05, 3.63) is 105 Å². The van der Waals surface area contributed by atoms with Crippen molar-refractivity contribution in [2.45, 2.75) is 25.4 Å². The van der Waals surface area contributed by atoms with Crippen LogP contribution in [0.5, 0.6) is 0 Å². The van der Waals surface area contributed by atoms with Crippen molar-refractivity contribution in [3.8, 4) is 0 Å². The van der Waals surface area contributed by atoms with Crippen LogP contribution in [0.2, 0.25) is 15.1 Å². The first-order valence-corrected chi connectivity index (χ1v) is 11.2. The maximum absolute atomic E-state index is 13.5. The van der Waals surface area contributed by atoms with Crippen LogP contribution in [0.1, 0.15) is 16.7 Å². The van der Waals surface area contributed by atoms with E-state index in [0.717, 1.165) is 11.1 Å². The Morgan fingerprint density at radius 1 is 0.844 bits per heavy atom. The molecular weight excluding hydrogens is 467 g/mol. The molecular formula is C25H23Cl3N2O2. The fraction of sp³-hybridized carbons (Fsp3) is 0.200. The molecule has 0 aliphatic heterocycles. The van der Waals surface area contributed by atoms with Gasteiger partial charge < -0.3 is 10.2 Å². The number of hydrogen-bond acceptors (Lipinski definition) is 2. The van der Waals surface area contributed by atoms with Crippen LogP contribution in [-0.2, 0) is 29.0 Å². The van der Waals surface area contributed by atoms with E-state index < -0.39 is 6.04 Å². The highest BCUT2D eigenvalue weighted by molar-refractivity contribution is 6.42. The number of carbonyl (C=O) groups excluding carboxylic acids is 2. The third kappa shape index (κ3) is 6.26. The van der Waals surface area contributed by atoms with Crippen molar-refractivity contribution in [1.29, 1.82) is 0 Å². The first-order valence-electron chi connectivity index (χ1n) is 10.1. The SMILES string of the molecule is CNC(=O)C(Cc1ccccc1)N(Cc1ccccc1Cl)C(=O)Cc1ccc(Cl)c(Cl)c1. The van der Waals surface area contributed by atoms with E-state index in [1.54, 1.807) is 36.2 Å². The van der Waals surface area contributed by atoms with Crippen LogP contribution in [0, 0.1) is 0 Å². The monoisotopic (exact) mass is 488 g/mol. The van der Waals surface area contributed by atoms with Gasteiger partial charge in [-0.05, 0) is 34.9 Å². The predicted octanol–water partition coefficient (Wildman–Crippen LogP) is 5.58.